The molecule has 0 bridgehead atoms. The summed E-state index contributed by atoms with van der Waals surface area (Å²) in [5, 5.41) is 10.1. The molecular weight excluding hydrogens is 360 g/mol. The zero-order chi connectivity index (χ0) is 17.7. The van der Waals surface area contributed by atoms with Gasteiger partial charge in [0.1, 0.15) is 5.69 Å². The molecule has 0 aliphatic rings. The quantitative estimate of drug-likeness (QED) is 0.587. The van der Waals surface area contributed by atoms with Gasteiger partial charge < -0.3 is 11.2 Å². The van der Waals surface area contributed by atoms with Gasteiger partial charge in [0.15, 0.2) is 0 Å². The lowest BCUT2D eigenvalue weighted by atomic mass is 10.3. The van der Waals surface area contributed by atoms with Crippen molar-refractivity contribution < 1.29 is 13.6 Å². The average molecular weight is 373 g/mol. The molecule has 0 saturated carbocycles. The summed E-state index contributed by atoms with van der Waals surface area (Å²) in [5.41, 5.74) is 0.146. The molecule has 0 spiro atoms. The van der Waals surface area contributed by atoms with E-state index in [1.165, 1.54) is 31.2 Å². The van der Waals surface area contributed by atoms with Crippen LogP contribution in [0.5, 0.6) is 0 Å². The van der Waals surface area contributed by atoms with Crippen LogP contribution in [0.4, 0.5) is 14.5 Å². The van der Waals surface area contributed by atoms with Crippen LogP contribution in [0.25, 0.3) is 0 Å². The van der Waals surface area contributed by atoms with Crippen molar-refractivity contribution in [2.24, 2.45) is 0 Å². The molecule has 0 saturated heterocycles. The molecule has 128 valence electrons. The molecule has 1 aromatic heterocycles. The lowest BCUT2D eigenvalue weighted by molar-refractivity contribution is -0.113. The molecule has 1 aromatic carbocycles. The van der Waals surface area contributed by atoms with Gasteiger partial charge in [0.2, 0.25) is 11.1 Å². The Bertz CT molecular complexity index is 783. The second-order valence-electron chi connectivity index (χ2n) is 4.48. The van der Waals surface area contributed by atoms with Gasteiger partial charge in [-0.1, -0.05) is 23.5 Å². The highest BCUT2D eigenvalue weighted by Crippen LogP contribution is 2.26. The first-order chi connectivity index (χ1) is 11.4. The van der Waals surface area contributed by atoms with Gasteiger partial charge in [-0.15, -0.1) is 10.2 Å². The van der Waals surface area contributed by atoms with Gasteiger partial charge in [-0.05, 0) is 31.2 Å². The Balaban J connectivity index is 1.92. The van der Waals surface area contributed by atoms with E-state index in [-0.39, 0.29) is 22.5 Å². The van der Waals surface area contributed by atoms with Crippen LogP contribution in [-0.2, 0) is 4.79 Å². The molecule has 0 aliphatic carbocycles. The molecule has 24 heavy (non-hydrogen) atoms. The van der Waals surface area contributed by atoms with E-state index in [4.69, 9.17) is 5.84 Å². The van der Waals surface area contributed by atoms with Crippen LogP contribution in [0.3, 0.4) is 0 Å². The molecule has 0 atom stereocenters. The Morgan fingerprint density at radius 2 is 2.00 bits per heavy atom. The minimum atomic E-state index is -2.49. The van der Waals surface area contributed by atoms with Crippen LogP contribution in [0.2, 0.25) is 0 Å². The van der Waals surface area contributed by atoms with Crippen LogP contribution >= 0.6 is 23.5 Å². The first kappa shape index (κ1) is 18.2. The number of carbonyl (C=O) groups excluding carboxylic acids is 1. The average Bonchev–Trinajstić information content (AvgIpc) is 2.53. The summed E-state index contributed by atoms with van der Waals surface area (Å²) in [6.07, 6.45) is 0. The third-order valence-corrected chi connectivity index (χ3v) is 4.38. The van der Waals surface area contributed by atoms with E-state index in [1.54, 1.807) is 0 Å². The predicted octanol–water partition coefficient (Wildman–Crippen LogP) is 1.71. The van der Waals surface area contributed by atoms with Crippen molar-refractivity contribution >= 4 is 35.1 Å². The number of anilines is 1. The van der Waals surface area contributed by atoms with Gasteiger partial charge in [-0.25, -0.2) is 0 Å². The van der Waals surface area contributed by atoms with E-state index in [0.29, 0.717) is 22.3 Å². The number of rotatable bonds is 6. The predicted molar refractivity (Wildman–Crippen MR) is 88.8 cm³/mol. The largest absolute Gasteiger partial charge is 0.334 e. The summed E-state index contributed by atoms with van der Waals surface area (Å²) in [7, 11) is 0. The van der Waals surface area contributed by atoms with E-state index >= 15 is 0 Å². The van der Waals surface area contributed by atoms with Crippen LogP contribution in [-0.4, -0.2) is 32.3 Å². The molecule has 0 aliphatic heterocycles. The highest BCUT2D eigenvalue weighted by atomic mass is 32.2. The summed E-state index contributed by atoms with van der Waals surface area (Å²) >= 11 is 1.38. The van der Waals surface area contributed by atoms with E-state index < -0.39 is 11.3 Å². The molecule has 1 heterocycles. The number of aromatic nitrogens is 3. The number of nitrogens with one attached hydrogen (secondary N) is 1. The number of nitrogens with two attached hydrogens (primary N) is 1. The molecule has 0 radical (unpaired) electrons. The molecule has 0 fully saturated rings. The highest BCUT2D eigenvalue weighted by molar-refractivity contribution is 8.00. The fourth-order valence-corrected chi connectivity index (χ4v) is 2.77. The number of hydrogen-bond acceptors (Lipinski definition) is 7. The first-order valence-corrected chi connectivity index (χ1v) is 8.42. The van der Waals surface area contributed by atoms with Gasteiger partial charge in [-0.3, -0.25) is 9.59 Å². The van der Waals surface area contributed by atoms with Crippen LogP contribution in [0, 0.1) is 6.92 Å². The van der Waals surface area contributed by atoms with Gasteiger partial charge >= 0.3 is 0 Å². The summed E-state index contributed by atoms with van der Waals surface area (Å²) in [6, 6.07) is 6.03. The number of benzene rings is 1. The number of nitrogen functional groups attached to an aromatic ring is 1. The Kier molecular flexibility index (Phi) is 6.15. The van der Waals surface area contributed by atoms with Crippen molar-refractivity contribution in [2.75, 3.05) is 16.9 Å². The standard InChI is InChI=1S/C13H13F2N5O2S2/c1-7-11(22)20(16)13(19-18-7)23-6-10(21)17-8-2-4-9(5-3-8)24-12(14)15/h2-5,12H,6,16H2,1H3,(H,17,21). The number of amides is 1. The number of alkyl halides is 2. The Labute approximate surface area is 144 Å². The number of hydrogen-bond donors (Lipinski definition) is 2. The van der Waals surface area contributed by atoms with E-state index in [0.717, 1.165) is 16.4 Å². The van der Waals surface area contributed by atoms with Gasteiger partial charge in [0.05, 0.1) is 5.75 Å². The van der Waals surface area contributed by atoms with E-state index in [1.807, 2.05) is 0 Å². The molecule has 7 nitrogen and oxygen atoms in total. The summed E-state index contributed by atoms with van der Waals surface area (Å²) in [5.74, 6) is 2.67. The maximum absolute atomic E-state index is 12.2. The molecule has 1 amide bonds. The zero-order valence-electron chi connectivity index (χ0n) is 12.4. The maximum atomic E-state index is 12.2. The molecule has 11 heteroatoms. The molecular formula is C13H13F2N5O2S2. The minimum absolute atomic E-state index is 0.0398. The first-order valence-electron chi connectivity index (χ1n) is 6.55. The summed E-state index contributed by atoms with van der Waals surface area (Å²) < 4.78 is 25.3. The third kappa shape index (κ3) is 4.93. The Morgan fingerprint density at radius 3 is 2.62 bits per heavy atom. The zero-order valence-corrected chi connectivity index (χ0v) is 14.0. The van der Waals surface area contributed by atoms with Crippen molar-refractivity contribution in [1.29, 1.82) is 0 Å². The SMILES string of the molecule is Cc1nnc(SCC(=O)Nc2ccc(SC(F)F)cc2)n(N)c1=O. The Hall–Kier alpha value is -2.14. The summed E-state index contributed by atoms with van der Waals surface area (Å²) in [6.45, 7) is 1.48. The van der Waals surface area contributed by atoms with Gasteiger partial charge in [0, 0.05) is 10.6 Å². The lowest BCUT2D eigenvalue weighted by Gasteiger charge is -2.07. The smallest absolute Gasteiger partial charge is 0.294 e. The van der Waals surface area contributed by atoms with Crippen molar-refractivity contribution in [3.63, 3.8) is 0 Å². The molecule has 3 N–H and O–H groups in total. The maximum Gasteiger partial charge on any atom is 0.294 e. The van der Waals surface area contributed by atoms with Crippen LogP contribution < -0.4 is 16.7 Å². The van der Waals surface area contributed by atoms with Gasteiger partial charge in [-0.2, -0.15) is 13.5 Å². The fraction of sp³-hybridized carbons (Fsp3) is 0.231. The third-order valence-electron chi connectivity index (χ3n) is 2.72. The van der Waals surface area contributed by atoms with Crippen LogP contribution in [0.15, 0.2) is 39.1 Å². The normalized spacial score (nSPS) is 10.8. The topological polar surface area (TPSA) is 103 Å². The molecule has 0 unspecified atom stereocenters. The second kappa shape index (κ2) is 8.11. The number of halogens is 2. The van der Waals surface area contributed by atoms with E-state index in [9.17, 15) is 18.4 Å². The molecule has 2 rings (SSSR count). The highest BCUT2D eigenvalue weighted by Gasteiger charge is 2.11. The Morgan fingerprint density at radius 1 is 1.33 bits per heavy atom. The van der Waals surface area contributed by atoms with Gasteiger partial charge in [0.25, 0.3) is 11.3 Å². The monoisotopic (exact) mass is 373 g/mol. The fourth-order valence-electron chi connectivity index (χ4n) is 1.62. The summed E-state index contributed by atoms with van der Waals surface area (Å²) in [4.78, 5) is 23.9. The van der Waals surface area contributed by atoms with Crippen molar-refractivity contribution in [1.82, 2.24) is 14.9 Å². The number of aryl methyl sites for hydroxylation is 1. The second-order valence-corrected chi connectivity index (χ2v) is 6.49. The van der Waals surface area contributed by atoms with Crippen molar-refractivity contribution in [3.8, 4) is 0 Å². The van der Waals surface area contributed by atoms with E-state index in [2.05, 4.69) is 15.5 Å². The minimum Gasteiger partial charge on any atom is -0.334 e. The van der Waals surface area contributed by atoms with Crippen LogP contribution in [0.1, 0.15) is 5.69 Å². The number of carbonyl (C=O) groups is 1. The van der Waals surface area contributed by atoms with Crippen molar-refractivity contribution in [2.45, 2.75) is 22.7 Å². The molecule has 2 aromatic rings. The lowest BCUT2D eigenvalue weighted by Crippen LogP contribution is -2.32. The van der Waals surface area contributed by atoms with Crippen molar-refractivity contribution in [3.05, 3.63) is 40.3 Å². The number of nitrogens with zero attached hydrogens (tertiary/aromatic N) is 3. The number of thioether (sulfide) groups is 2.